The zero-order chi connectivity index (χ0) is 21.5. The molecule has 3 aromatic carbocycles. The van der Waals surface area contributed by atoms with Crippen molar-refractivity contribution in [2.45, 2.75) is 6.61 Å². The normalized spacial score (nSPS) is 10.2. The number of carbonyl (C=O) groups is 2. The van der Waals surface area contributed by atoms with Crippen molar-refractivity contribution in [3.63, 3.8) is 0 Å². The Balaban J connectivity index is 1.74. The summed E-state index contributed by atoms with van der Waals surface area (Å²) in [6, 6.07) is 19.2. The molecule has 0 atom stereocenters. The van der Waals surface area contributed by atoms with Crippen LogP contribution in [0.15, 0.2) is 92.0 Å². The summed E-state index contributed by atoms with van der Waals surface area (Å²) >= 11 is 0. The van der Waals surface area contributed by atoms with Gasteiger partial charge in [-0.05, 0) is 40.5 Å². The van der Waals surface area contributed by atoms with Gasteiger partial charge in [0.1, 0.15) is 18.2 Å². The number of hydrogen-bond acceptors (Lipinski definition) is 4. The van der Waals surface area contributed by atoms with Crippen molar-refractivity contribution in [3.05, 3.63) is 103 Å². The van der Waals surface area contributed by atoms with Gasteiger partial charge in [-0.2, -0.15) is 0 Å². The topological polar surface area (TPSA) is 52.6 Å². The predicted octanol–water partition coefficient (Wildman–Crippen LogP) is 5.48. The molecule has 0 saturated carbocycles. The minimum absolute atomic E-state index is 0.0148. The third kappa shape index (κ3) is 5.08. The lowest BCUT2D eigenvalue weighted by Crippen LogP contribution is -2.02. The van der Waals surface area contributed by atoms with Gasteiger partial charge in [0.2, 0.25) is 0 Å². The molecule has 0 bridgehead atoms. The molecule has 0 amide bonds. The Labute approximate surface area is 173 Å². The first-order valence-corrected chi connectivity index (χ1v) is 9.13. The highest BCUT2D eigenvalue weighted by Crippen LogP contribution is 2.28. The number of benzene rings is 3. The minimum atomic E-state index is -0.554. The van der Waals surface area contributed by atoms with Crippen LogP contribution in [0.2, 0.25) is 0 Å². The van der Waals surface area contributed by atoms with Crippen molar-refractivity contribution in [1.29, 1.82) is 0 Å². The van der Waals surface area contributed by atoms with Crippen LogP contribution < -0.4 is 4.74 Å². The fourth-order valence-corrected chi connectivity index (χ4v) is 2.81. The molecular formula is C25H19FO4. The highest BCUT2D eigenvalue weighted by Gasteiger charge is 2.08. The molecule has 0 aliphatic carbocycles. The summed E-state index contributed by atoms with van der Waals surface area (Å²) in [5.74, 6) is -1.04. The Morgan fingerprint density at radius 2 is 1.37 bits per heavy atom. The van der Waals surface area contributed by atoms with Gasteiger partial charge in [0, 0.05) is 17.7 Å². The zero-order valence-corrected chi connectivity index (χ0v) is 16.1. The Kier molecular flexibility index (Phi) is 6.55. The van der Waals surface area contributed by atoms with Crippen molar-refractivity contribution < 1.29 is 23.5 Å². The summed E-state index contributed by atoms with van der Waals surface area (Å²) in [7, 11) is 0. The number of halogens is 1. The number of ether oxygens (including phenoxy) is 2. The van der Waals surface area contributed by atoms with Crippen LogP contribution in [-0.4, -0.2) is 11.9 Å². The number of carbonyl (C=O) groups excluding carboxylic acids is 2. The summed E-state index contributed by atoms with van der Waals surface area (Å²) < 4.78 is 24.5. The SMILES string of the molecule is C=CC(=O)OCc1ccc(-c2ccc(-c3ccc(OC(=O)C=C)cc3)cc2)c(F)c1. The van der Waals surface area contributed by atoms with E-state index < -0.39 is 17.8 Å². The van der Waals surface area contributed by atoms with E-state index in [0.717, 1.165) is 28.8 Å². The van der Waals surface area contributed by atoms with Gasteiger partial charge in [0.25, 0.3) is 0 Å². The van der Waals surface area contributed by atoms with E-state index in [9.17, 15) is 14.0 Å². The van der Waals surface area contributed by atoms with Crippen LogP contribution in [0.3, 0.4) is 0 Å². The molecule has 0 aliphatic rings. The predicted molar refractivity (Wildman–Crippen MR) is 113 cm³/mol. The average Bonchev–Trinajstić information content (AvgIpc) is 2.78. The van der Waals surface area contributed by atoms with E-state index in [1.165, 1.54) is 6.07 Å². The quantitative estimate of drug-likeness (QED) is 0.298. The van der Waals surface area contributed by atoms with Crippen molar-refractivity contribution in [2.75, 3.05) is 0 Å². The van der Waals surface area contributed by atoms with E-state index in [1.54, 1.807) is 24.3 Å². The van der Waals surface area contributed by atoms with Crippen LogP contribution in [-0.2, 0) is 20.9 Å². The van der Waals surface area contributed by atoms with Crippen LogP contribution in [0.1, 0.15) is 5.56 Å². The second-order valence-electron chi connectivity index (χ2n) is 6.35. The first kappa shape index (κ1) is 20.7. The fourth-order valence-electron chi connectivity index (χ4n) is 2.81. The number of hydrogen-bond donors (Lipinski definition) is 0. The number of esters is 2. The molecule has 3 aromatic rings. The van der Waals surface area contributed by atoms with E-state index >= 15 is 0 Å². The fraction of sp³-hybridized carbons (Fsp3) is 0.0400. The lowest BCUT2D eigenvalue weighted by molar-refractivity contribution is -0.139. The lowest BCUT2D eigenvalue weighted by Gasteiger charge is -2.09. The molecule has 0 unspecified atom stereocenters. The third-order valence-corrected chi connectivity index (χ3v) is 4.35. The zero-order valence-electron chi connectivity index (χ0n) is 16.1. The molecule has 5 heteroatoms. The van der Waals surface area contributed by atoms with Gasteiger partial charge < -0.3 is 9.47 Å². The van der Waals surface area contributed by atoms with Crippen LogP contribution in [0.5, 0.6) is 5.75 Å². The molecule has 0 fully saturated rings. The Hall–Kier alpha value is -3.99. The largest absolute Gasteiger partial charge is 0.458 e. The Morgan fingerprint density at radius 3 is 1.93 bits per heavy atom. The van der Waals surface area contributed by atoms with Gasteiger partial charge in [-0.15, -0.1) is 0 Å². The van der Waals surface area contributed by atoms with Gasteiger partial charge in [-0.3, -0.25) is 0 Å². The molecule has 0 spiro atoms. The van der Waals surface area contributed by atoms with E-state index in [-0.39, 0.29) is 6.61 Å². The first-order valence-electron chi connectivity index (χ1n) is 9.13. The van der Waals surface area contributed by atoms with Crippen LogP contribution >= 0.6 is 0 Å². The molecular weight excluding hydrogens is 383 g/mol. The van der Waals surface area contributed by atoms with E-state index in [4.69, 9.17) is 9.47 Å². The summed E-state index contributed by atoms with van der Waals surface area (Å²) in [6.07, 6.45) is 2.17. The van der Waals surface area contributed by atoms with Crippen LogP contribution in [0, 0.1) is 5.82 Å². The van der Waals surface area contributed by atoms with E-state index in [2.05, 4.69) is 13.2 Å². The van der Waals surface area contributed by atoms with E-state index in [0.29, 0.717) is 16.9 Å². The molecule has 0 heterocycles. The van der Waals surface area contributed by atoms with Crippen molar-refractivity contribution in [3.8, 4) is 28.0 Å². The molecule has 4 nitrogen and oxygen atoms in total. The monoisotopic (exact) mass is 402 g/mol. The van der Waals surface area contributed by atoms with Gasteiger partial charge in [-0.25, -0.2) is 14.0 Å². The maximum absolute atomic E-state index is 14.5. The molecule has 0 radical (unpaired) electrons. The average molecular weight is 402 g/mol. The van der Waals surface area contributed by atoms with Gasteiger partial charge >= 0.3 is 11.9 Å². The molecule has 3 rings (SSSR count). The smallest absolute Gasteiger partial charge is 0.335 e. The van der Waals surface area contributed by atoms with Crippen LogP contribution in [0.25, 0.3) is 22.3 Å². The standard InChI is InChI=1S/C25H19FO4/c1-3-24(27)29-16-17-5-14-22(23(26)15-17)20-8-6-18(7-9-20)19-10-12-21(13-11-19)30-25(28)4-2/h3-15H,1-2,16H2. The van der Waals surface area contributed by atoms with Gasteiger partial charge in [-0.1, -0.05) is 61.7 Å². The molecule has 150 valence electrons. The Bertz CT molecular complexity index is 1080. The van der Waals surface area contributed by atoms with Crippen molar-refractivity contribution >= 4 is 11.9 Å². The van der Waals surface area contributed by atoms with Gasteiger partial charge in [0.15, 0.2) is 0 Å². The summed E-state index contributed by atoms with van der Waals surface area (Å²) in [5.41, 5.74) is 3.60. The highest BCUT2D eigenvalue weighted by atomic mass is 19.1. The van der Waals surface area contributed by atoms with Crippen LogP contribution in [0.4, 0.5) is 4.39 Å². The number of rotatable bonds is 7. The van der Waals surface area contributed by atoms with Crippen molar-refractivity contribution in [2.24, 2.45) is 0 Å². The maximum Gasteiger partial charge on any atom is 0.335 e. The highest BCUT2D eigenvalue weighted by molar-refractivity contribution is 5.83. The van der Waals surface area contributed by atoms with Gasteiger partial charge in [0.05, 0.1) is 0 Å². The summed E-state index contributed by atoms with van der Waals surface area (Å²) in [4.78, 5) is 22.4. The molecule has 30 heavy (non-hydrogen) atoms. The second kappa shape index (κ2) is 9.47. The molecule has 0 N–H and O–H groups in total. The third-order valence-electron chi connectivity index (χ3n) is 4.35. The molecule has 0 aliphatic heterocycles. The molecule has 0 saturated heterocycles. The summed E-state index contributed by atoms with van der Waals surface area (Å²) in [6.45, 7) is 6.67. The van der Waals surface area contributed by atoms with E-state index in [1.807, 2.05) is 36.4 Å². The maximum atomic E-state index is 14.5. The lowest BCUT2D eigenvalue weighted by atomic mass is 9.99. The summed E-state index contributed by atoms with van der Waals surface area (Å²) in [5, 5.41) is 0. The Morgan fingerprint density at radius 1 is 0.800 bits per heavy atom. The first-order chi connectivity index (χ1) is 14.5. The minimum Gasteiger partial charge on any atom is -0.458 e. The van der Waals surface area contributed by atoms with Crippen molar-refractivity contribution in [1.82, 2.24) is 0 Å². The molecule has 0 aromatic heterocycles. The second-order valence-corrected chi connectivity index (χ2v) is 6.35.